The Morgan fingerprint density at radius 2 is 1.69 bits per heavy atom. The summed E-state index contributed by atoms with van der Waals surface area (Å²) in [5.74, 6) is 0.437. The van der Waals surface area contributed by atoms with Crippen LogP contribution in [0.1, 0.15) is 64.7 Å². The minimum Gasteiger partial charge on any atom is -0.379 e. The average molecular weight is 449 g/mol. The van der Waals surface area contributed by atoms with E-state index in [1.165, 1.54) is 21.6 Å². The number of amides is 1. The summed E-state index contributed by atoms with van der Waals surface area (Å²) in [5, 5.41) is 4.17. The van der Waals surface area contributed by atoms with Gasteiger partial charge < -0.3 is 10.1 Å². The molecule has 4 rings (SSSR count). The molecule has 1 aliphatic heterocycles. The molecule has 2 aromatic carbocycles. The number of aryl methyl sites for hydroxylation is 1. The molecule has 0 bridgehead atoms. The molecule has 5 heteroatoms. The molecule has 1 N–H and O–H groups in total. The molecule has 32 heavy (non-hydrogen) atoms. The van der Waals surface area contributed by atoms with Gasteiger partial charge in [-0.05, 0) is 41.7 Å². The highest BCUT2D eigenvalue weighted by Gasteiger charge is 2.28. The second kappa shape index (κ2) is 10.4. The molecular formula is C27H32N2O2S. The second-order valence-electron chi connectivity index (χ2n) is 8.54. The van der Waals surface area contributed by atoms with Crippen LogP contribution in [0, 0.1) is 0 Å². The standard InChI is InChI=1S/C27H32N2O2S/c1-4-23-18-24(27(32-23)28-26(30)22-8-6-5-7-9-22)25(29-14-16-31-17-15-29)21-12-10-20(11-13-21)19(2)3/h5-13,18-19,25H,4,14-17H2,1-3H3,(H,28,30)/t25-/m1/s1. The van der Waals surface area contributed by atoms with E-state index >= 15 is 0 Å². The van der Waals surface area contributed by atoms with E-state index < -0.39 is 0 Å². The lowest BCUT2D eigenvalue weighted by Crippen LogP contribution is -2.39. The summed E-state index contributed by atoms with van der Waals surface area (Å²) in [6.07, 6.45) is 0.945. The van der Waals surface area contributed by atoms with Crippen molar-refractivity contribution < 1.29 is 9.53 Å². The van der Waals surface area contributed by atoms with Gasteiger partial charge in [-0.1, -0.05) is 63.2 Å². The topological polar surface area (TPSA) is 41.6 Å². The predicted molar refractivity (Wildman–Crippen MR) is 133 cm³/mol. The van der Waals surface area contributed by atoms with Crippen LogP contribution in [0.3, 0.4) is 0 Å². The third kappa shape index (κ3) is 5.12. The summed E-state index contributed by atoms with van der Waals surface area (Å²) in [4.78, 5) is 16.7. The smallest absolute Gasteiger partial charge is 0.256 e. The molecule has 1 atom stereocenters. The first-order valence-corrected chi connectivity index (χ1v) is 12.3. The SMILES string of the molecule is CCc1cc([C@@H](c2ccc(C(C)C)cc2)N2CCOCC2)c(NC(=O)c2ccccc2)s1. The van der Waals surface area contributed by atoms with Crippen LogP contribution < -0.4 is 5.32 Å². The largest absolute Gasteiger partial charge is 0.379 e. The van der Waals surface area contributed by atoms with Gasteiger partial charge in [0.2, 0.25) is 0 Å². The Bertz CT molecular complexity index is 1020. The number of carbonyl (C=O) groups is 1. The van der Waals surface area contributed by atoms with Gasteiger partial charge >= 0.3 is 0 Å². The van der Waals surface area contributed by atoms with Crippen molar-refractivity contribution in [3.05, 3.63) is 87.8 Å². The number of rotatable bonds is 7. The fourth-order valence-electron chi connectivity index (χ4n) is 4.18. The zero-order chi connectivity index (χ0) is 22.5. The van der Waals surface area contributed by atoms with Crippen LogP contribution in [0.15, 0.2) is 60.7 Å². The number of morpholine rings is 1. The number of carbonyl (C=O) groups excluding carboxylic acids is 1. The highest BCUT2D eigenvalue weighted by atomic mass is 32.1. The first-order chi connectivity index (χ1) is 15.6. The number of hydrogen-bond donors (Lipinski definition) is 1. The molecule has 0 radical (unpaired) electrons. The highest BCUT2D eigenvalue weighted by molar-refractivity contribution is 7.16. The van der Waals surface area contributed by atoms with Gasteiger partial charge in [0.1, 0.15) is 5.00 Å². The van der Waals surface area contributed by atoms with E-state index in [0.717, 1.165) is 37.7 Å². The molecule has 1 amide bonds. The Balaban J connectivity index is 1.73. The van der Waals surface area contributed by atoms with Crippen molar-refractivity contribution in [2.75, 3.05) is 31.6 Å². The zero-order valence-corrected chi connectivity index (χ0v) is 20.0. The van der Waals surface area contributed by atoms with E-state index in [1.54, 1.807) is 11.3 Å². The lowest BCUT2D eigenvalue weighted by atomic mass is 9.94. The molecular weight excluding hydrogens is 416 g/mol. The summed E-state index contributed by atoms with van der Waals surface area (Å²) in [6.45, 7) is 9.82. The van der Waals surface area contributed by atoms with Crippen LogP contribution in [0.2, 0.25) is 0 Å². The van der Waals surface area contributed by atoms with Crippen molar-refractivity contribution in [3.63, 3.8) is 0 Å². The Morgan fingerprint density at radius 3 is 2.31 bits per heavy atom. The third-order valence-corrected chi connectivity index (χ3v) is 7.26. The number of ether oxygens (including phenoxy) is 1. The lowest BCUT2D eigenvalue weighted by Gasteiger charge is -2.35. The molecule has 0 saturated carbocycles. The fourth-order valence-corrected chi connectivity index (χ4v) is 5.21. The Labute approximate surface area is 195 Å². The van der Waals surface area contributed by atoms with Gasteiger partial charge in [-0.25, -0.2) is 0 Å². The molecule has 1 aliphatic rings. The van der Waals surface area contributed by atoms with Crippen LogP contribution in [0.4, 0.5) is 5.00 Å². The quantitative estimate of drug-likeness (QED) is 0.474. The molecule has 1 aromatic heterocycles. The van der Waals surface area contributed by atoms with E-state index in [9.17, 15) is 4.79 Å². The number of thiophene rings is 1. The molecule has 0 spiro atoms. The number of nitrogens with zero attached hydrogens (tertiary/aromatic N) is 1. The molecule has 4 nitrogen and oxygen atoms in total. The van der Waals surface area contributed by atoms with Crippen molar-refractivity contribution in [2.24, 2.45) is 0 Å². The summed E-state index contributed by atoms with van der Waals surface area (Å²) in [7, 11) is 0. The minimum absolute atomic E-state index is 0.0627. The molecule has 2 heterocycles. The number of nitrogens with one attached hydrogen (secondary N) is 1. The molecule has 1 saturated heterocycles. The highest BCUT2D eigenvalue weighted by Crippen LogP contribution is 2.40. The van der Waals surface area contributed by atoms with Crippen LogP contribution in [-0.4, -0.2) is 37.1 Å². The van der Waals surface area contributed by atoms with Gasteiger partial charge in [0, 0.05) is 29.1 Å². The van der Waals surface area contributed by atoms with E-state index in [-0.39, 0.29) is 11.9 Å². The van der Waals surface area contributed by atoms with Gasteiger partial charge in [0.05, 0.1) is 19.3 Å². The maximum atomic E-state index is 13.0. The van der Waals surface area contributed by atoms with E-state index in [1.807, 2.05) is 30.3 Å². The zero-order valence-electron chi connectivity index (χ0n) is 19.1. The molecule has 1 fully saturated rings. The van der Waals surface area contributed by atoms with Crippen LogP contribution in [-0.2, 0) is 11.2 Å². The average Bonchev–Trinajstić information content (AvgIpc) is 3.23. The van der Waals surface area contributed by atoms with Crippen molar-refractivity contribution in [2.45, 2.75) is 39.2 Å². The van der Waals surface area contributed by atoms with Crippen LogP contribution in [0.25, 0.3) is 0 Å². The monoisotopic (exact) mass is 448 g/mol. The summed E-state index contributed by atoms with van der Waals surface area (Å²) >= 11 is 1.69. The Morgan fingerprint density at radius 1 is 1.03 bits per heavy atom. The van der Waals surface area contributed by atoms with Crippen molar-refractivity contribution >= 4 is 22.2 Å². The maximum Gasteiger partial charge on any atom is 0.256 e. The number of anilines is 1. The second-order valence-corrected chi connectivity index (χ2v) is 9.68. The summed E-state index contributed by atoms with van der Waals surface area (Å²) in [5.41, 5.74) is 4.45. The molecule has 168 valence electrons. The van der Waals surface area contributed by atoms with Crippen LogP contribution in [0.5, 0.6) is 0 Å². The molecule has 3 aromatic rings. The van der Waals surface area contributed by atoms with E-state index in [0.29, 0.717) is 11.5 Å². The first-order valence-electron chi connectivity index (χ1n) is 11.5. The van der Waals surface area contributed by atoms with Gasteiger partial charge in [-0.3, -0.25) is 9.69 Å². The normalized spacial score (nSPS) is 15.6. The Hall–Kier alpha value is -2.47. The predicted octanol–water partition coefficient (Wildman–Crippen LogP) is 6.11. The van der Waals surface area contributed by atoms with Crippen molar-refractivity contribution in [1.29, 1.82) is 0 Å². The van der Waals surface area contributed by atoms with E-state index in [2.05, 4.69) is 61.3 Å². The van der Waals surface area contributed by atoms with Gasteiger partial charge in [-0.15, -0.1) is 11.3 Å². The number of benzene rings is 2. The minimum atomic E-state index is -0.0627. The number of hydrogen-bond acceptors (Lipinski definition) is 4. The molecule has 0 unspecified atom stereocenters. The maximum absolute atomic E-state index is 13.0. The molecule has 0 aliphatic carbocycles. The lowest BCUT2D eigenvalue weighted by molar-refractivity contribution is 0.0241. The van der Waals surface area contributed by atoms with E-state index in [4.69, 9.17) is 4.74 Å². The van der Waals surface area contributed by atoms with Gasteiger partial charge in [0.25, 0.3) is 5.91 Å². The Kier molecular flexibility index (Phi) is 7.40. The fraction of sp³-hybridized carbons (Fsp3) is 0.370. The van der Waals surface area contributed by atoms with Crippen molar-refractivity contribution in [3.8, 4) is 0 Å². The van der Waals surface area contributed by atoms with Crippen molar-refractivity contribution in [1.82, 2.24) is 4.90 Å². The van der Waals surface area contributed by atoms with Gasteiger partial charge in [0.15, 0.2) is 0 Å². The van der Waals surface area contributed by atoms with Crippen LogP contribution >= 0.6 is 11.3 Å². The summed E-state index contributed by atoms with van der Waals surface area (Å²) in [6, 6.07) is 20.8. The third-order valence-electron chi connectivity index (χ3n) is 6.05. The first kappa shape index (κ1) is 22.7. The van der Waals surface area contributed by atoms with Gasteiger partial charge in [-0.2, -0.15) is 0 Å². The summed E-state index contributed by atoms with van der Waals surface area (Å²) < 4.78 is 5.64.